The van der Waals surface area contributed by atoms with E-state index >= 15 is 0 Å². The number of carbonyl (C=O) groups excluding carboxylic acids is 2. The lowest BCUT2D eigenvalue weighted by molar-refractivity contribution is -0.384. The number of carbonyl (C=O) groups is 2. The fourth-order valence-electron chi connectivity index (χ4n) is 2.63. The molecule has 3 aromatic rings. The summed E-state index contributed by atoms with van der Waals surface area (Å²) < 4.78 is 15.4. The number of anilines is 1. The maximum atomic E-state index is 12.3. The van der Waals surface area contributed by atoms with Crippen LogP contribution in [0.5, 0.6) is 5.75 Å². The number of benzene rings is 2. The van der Waals surface area contributed by atoms with E-state index in [0.29, 0.717) is 16.7 Å². The van der Waals surface area contributed by atoms with Crippen LogP contribution in [0.1, 0.15) is 12.6 Å². The lowest BCUT2D eigenvalue weighted by atomic mass is 10.2. The van der Waals surface area contributed by atoms with Gasteiger partial charge in [-0.15, -0.1) is 0 Å². The number of non-ortho nitro benzene ring substituents is 1. The summed E-state index contributed by atoms with van der Waals surface area (Å²) in [7, 11) is 1.32. The Balaban J connectivity index is 1.63. The predicted octanol–water partition coefficient (Wildman–Crippen LogP) is 2.86. The van der Waals surface area contributed by atoms with Crippen molar-refractivity contribution < 1.29 is 28.5 Å². The third-order valence-corrected chi connectivity index (χ3v) is 4.10. The van der Waals surface area contributed by atoms with Gasteiger partial charge in [0.25, 0.3) is 11.6 Å². The predicted molar refractivity (Wildman–Crippen MR) is 102 cm³/mol. The highest BCUT2D eigenvalue weighted by Crippen LogP contribution is 2.29. The highest BCUT2D eigenvalue weighted by Gasteiger charge is 2.22. The quantitative estimate of drug-likeness (QED) is 0.364. The van der Waals surface area contributed by atoms with E-state index in [1.54, 1.807) is 24.3 Å². The number of ether oxygens (including phenoxy) is 2. The van der Waals surface area contributed by atoms with Gasteiger partial charge in [0.15, 0.2) is 11.7 Å². The summed E-state index contributed by atoms with van der Waals surface area (Å²) in [5.74, 6) is -1.15. The first-order valence-corrected chi connectivity index (χ1v) is 8.55. The second kappa shape index (κ2) is 8.38. The van der Waals surface area contributed by atoms with E-state index in [1.165, 1.54) is 32.2 Å². The minimum absolute atomic E-state index is 0.111. The zero-order valence-corrected chi connectivity index (χ0v) is 15.6. The first kappa shape index (κ1) is 19.8. The molecular weight excluding hydrogens is 382 g/mol. The van der Waals surface area contributed by atoms with Crippen molar-refractivity contribution in [3.05, 3.63) is 58.3 Å². The summed E-state index contributed by atoms with van der Waals surface area (Å²) in [6, 6.07) is 10.8. The highest BCUT2D eigenvalue weighted by molar-refractivity contribution is 5.96. The Morgan fingerprint density at radius 3 is 2.76 bits per heavy atom. The fourth-order valence-corrected chi connectivity index (χ4v) is 2.63. The monoisotopic (exact) mass is 399 g/mol. The first-order valence-electron chi connectivity index (χ1n) is 8.55. The van der Waals surface area contributed by atoms with Gasteiger partial charge in [-0.1, -0.05) is 17.3 Å². The molecular formula is C19H17N3O7. The van der Waals surface area contributed by atoms with E-state index in [0.717, 1.165) is 0 Å². The van der Waals surface area contributed by atoms with Crippen molar-refractivity contribution >= 4 is 34.2 Å². The highest BCUT2D eigenvalue weighted by atomic mass is 16.6. The Labute approximate surface area is 164 Å². The standard InChI is InChI=1S/C19H17N3O7/c1-11(19(24)20-14-8-7-12(22(25)26)9-17(14)27-2)28-18(23)10-15-13-5-3-4-6-16(13)29-21-15/h3-9,11H,10H2,1-2H3,(H,20,24)/t11-/m0/s1. The Morgan fingerprint density at radius 1 is 1.28 bits per heavy atom. The Morgan fingerprint density at radius 2 is 2.03 bits per heavy atom. The number of para-hydroxylation sites is 1. The van der Waals surface area contributed by atoms with E-state index < -0.39 is 22.9 Å². The third-order valence-electron chi connectivity index (χ3n) is 4.10. The fraction of sp³-hybridized carbons (Fsp3) is 0.211. The molecule has 1 amide bonds. The molecule has 10 heteroatoms. The number of amides is 1. The van der Waals surface area contributed by atoms with Crippen molar-refractivity contribution in [2.24, 2.45) is 0 Å². The molecule has 10 nitrogen and oxygen atoms in total. The molecule has 0 saturated heterocycles. The van der Waals surface area contributed by atoms with Crippen LogP contribution in [0.25, 0.3) is 11.0 Å². The number of rotatable bonds is 7. The number of nitrogens with one attached hydrogen (secondary N) is 1. The molecule has 1 heterocycles. The van der Waals surface area contributed by atoms with Crippen LogP contribution in [0.15, 0.2) is 47.0 Å². The molecule has 0 aliphatic carbocycles. The van der Waals surface area contributed by atoms with E-state index in [4.69, 9.17) is 14.0 Å². The molecule has 0 fully saturated rings. The van der Waals surface area contributed by atoms with Crippen molar-refractivity contribution in [1.82, 2.24) is 5.16 Å². The van der Waals surface area contributed by atoms with Gasteiger partial charge in [-0.2, -0.15) is 0 Å². The number of hydrogen-bond acceptors (Lipinski definition) is 8. The number of methoxy groups -OCH3 is 1. The molecule has 150 valence electrons. The average Bonchev–Trinajstić information content (AvgIpc) is 3.10. The lowest BCUT2D eigenvalue weighted by Gasteiger charge is -2.15. The first-order chi connectivity index (χ1) is 13.9. The van der Waals surface area contributed by atoms with E-state index in [-0.39, 0.29) is 23.5 Å². The molecule has 0 radical (unpaired) electrons. The van der Waals surface area contributed by atoms with Crippen molar-refractivity contribution in [1.29, 1.82) is 0 Å². The molecule has 0 spiro atoms. The summed E-state index contributed by atoms with van der Waals surface area (Å²) in [5.41, 5.74) is 0.995. The second-order valence-corrected chi connectivity index (χ2v) is 6.07. The molecule has 0 aliphatic heterocycles. The summed E-state index contributed by atoms with van der Waals surface area (Å²) in [4.78, 5) is 34.8. The maximum absolute atomic E-state index is 12.3. The van der Waals surface area contributed by atoms with Crippen LogP contribution in [0.4, 0.5) is 11.4 Å². The molecule has 3 rings (SSSR count). The van der Waals surface area contributed by atoms with Gasteiger partial charge in [0.1, 0.15) is 11.4 Å². The normalized spacial score (nSPS) is 11.7. The van der Waals surface area contributed by atoms with Gasteiger partial charge in [-0.3, -0.25) is 19.7 Å². The summed E-state index contributed by atoms with van der Waals surface area (Å²) in [6.45, 7) is 1.41. The van der Waals surface area contributed by atoms with E-state index in [2.05, 4.69) is 10.5 Å². The van der Waals surface area contributed by atoms with Gasteiger partial charge in [0.05, 0.1) is 30.2 Å². The maximum Gasteiger partial charge on any atom is 0.312 e. The molecule has 1 atom stereocenters. The molecule has 0 aliphatic rings. The van der Waals surface area contributed by atoms with E-state index in [1.807, 2.05) is 0 Å². The molecule has 1 aromatic heterocycles. The minimum Gasteiger partial charge on any atom is -0.494 e. The molecule has 0 saturated carbocycles. The number of fused-ring (bicyclic) bond motifs is 1. The number of nitrogens with zero attached hydrogens (tertiary/aromatic N) is 2. The van der Waals surface area contributed by atoms with Crippen LogP contribution >= 0.6 is 0 Å². The van der Waals surface area contributed by atoms with Crippen molar-refractivity contribution in [2.75, 3.05) is 12.4 Å². The number of aromatic nitrogens is 1. The second-order valence-electron chi connectivity index (χ2n) is 6.07. The zero-order chi connectivity index (χ0) is 21.0. The number of nitro benzene ring substituents is 1. The zero-order valence-electron chi connectivity index (χ0n) is 15.6. The van der Waals surface area contributed by atoms with Crippen LogP contribution in [-0.2, 0) is 20.7 Å². The van der Waals surface area contributed by atoms with Gasteiger partial charge in [-0.05, 0) is 25.1 Å². The van der Waals surface area contributed by atoms with Crippen molar-refractivity contribution in [3.8, 4) is 5.75 Å². The number of hydrogen-bond donors (Lipinski definition) is 1. The largest absolute Gasteiger partial charge is 0.494 e. The van der Waals surface area contributed by atoms with E-state index in [9.17, 15) is 19.7 Å². The van der Waals surface area contributed by atoms with Gasteiger partial charge >= 0.3 is 5.97 Å². The van der Waals surface area contributed by atoms with Gasteiger partial charge in [0.2, 0.25) is 0 Å². The summed E-state index contributed by atoms with van der Waals surface area (Å²) in [6.07, 6.45) is -1.27. The van der Waals surface area contributed by atoms with Gasteiger partial charge < -0.3 is 19.3 Å². The van der Waals surface area contributed by atoms with Gasteiger partial charge in [0, 0.05) is 11.5 Å². The Bertz CT molecular complexity index is 1080. The van der Waals surface area contributed by atoms with Gasteiger partial charge in [-0.25, -0.2) is 0 Å². The summed E-state index contributed by atoms with van der Waals surface area (Å²) >= 11 is 0. The van der Waals surface area contributed by atoms with Crippen LogP contribution < -0.4 is 10.1 Å². The van der Waals surface area contributed by atoms with Crippen LogP contribution in [0.2, 0.25) is 0 Å². The molecule has 2 aromatic carbocycles. The Hall–Kier alpha value is -3.95. The number of esters is 1. The van der Waals surface area contributed by atoms with Crippen LogP contribution in [-0.4, -0.2) is 35.2 Å². The molecule has 1 N–H and O–H groups in total. The van der Waals surface area contributed by atoms with Crippen molar-refractivity contribution in [2.45, 2.75) is 19.4 Å². The smallest absolute Gasteiger partial charge is 0.312 e. The molecule has 0 unspecified atom stereocenters. The van der Waals surface area contributed by atoms with Crippen LogP contribution in [0, 0.1) is 10.1 Å². The topological polar surface area (TPSA) is 134 Å². The average molecular weight is 399 g/mol. The lowest BCUT2D eigenvalue weighted by Crippen LogP contribution is -2.30. The summed E-state index contributed by atoms with van der Waals surface area (Å²) in [5, 5.41) is 17.9. The van der Waals surface area contributed by atoms with Crippen LogP contribution in [0.3, 0.4) is 0 Å². The molecule has 0 bridgehead atoms. The SMILES string of the molecule is COc1cc([N+](=O)[O-])ccc1NC(=O)[C@H](C)OC(=O)Cc1noc2ccccc12. The third kappa shape index (κ3) is 4.49. The molecule has 29 heavy (non-hydrogen) atoms. The Kier molecular flexibility index (Phi) is 5.72. The number of nitro groups is 1. The minimum atomic E-state index is -1.11. The van der Waals surface area contributed by atoms with Crippen molar-refractivity contribution in [3.63, 3.8) is 0 Å².